The molecule has 4 aliphatic carbocycles. The summed E-state index contributed by atoms with van der Waals surface area (Å²) in [6, 6.07) is 0. The molecule has 7 N–H and O–H groups in total. The Labute approximate surface area is 204 Å². The van der Waals surface area contributed by atoms with Crippen LogP contribution in [0, 0.1) is 46.3 Å². The maximum atomic E-state index is 12.3. The molecule has 14 atom stereocenters. The van der Waals surface area contributed by atoms with Gasteiger partial charge in [0.25, 0.3) is 0 Å². The van der Waals surface area contributed by atoms with Crippen molar-refractivity contribution in [3.63, 3.8) is 0 Å². The van der Waals surface area contributed by atoms with E-state index in [1.165, 1.54) is 0 Å². The third-order valence-corrected chi connectivity index (χ3v) is 11.2. The van der Waals surface area contributed by atoms with Gasteiger partial charge in [0.05, 0.1) is 24.4 Å². The van der Waals surface area contributed by atoms with E-state index in [4.69, 9.17) is 0 Å². The molecule has 4 rings (SSSR count). The van der Waals surface area contributed by atoms with Crippen molar-refractivity contribution in [2.45, 2.75) is 115 Å². The molecule has 4 saturated carbocycles. The van der Waals surface area contributed by atoms with E-state index in [-0.39, 0.29) is 36.2 Å². The molecule has 0 aromatic heterocycles. The van der Waals surface area contributed by atoms with E-state index in [2.05, 4.69) is 13.8 Å². The van der Waals surface area contributed by atoms with Gasteiger partial charge in [0.2, 0.25) is 0 Å². The van der Waals surface area contributed by atoms with Gasteiger partial charge in [-0.15, -0.1) is 0 Å². The van der Waals surface area contributed by atoms with Crippen LogP contribution in [-0.2, 0) is 0 Å². The van der Waals surface area contributed by atoms with Crippen molar-refractivity contribution in [1.29, 1.82) is 0 Å². The largest absolute Gasteiger partial charge is 0.396 e. The first-order valence-electron chi connectivity index (χ1n) is 13.6. The van der Waals surface area contributed by atoms with Crippen molar-refractivity contribution in [1.82, 2.24) is 0 Å². The highest BCUT2D eigenvalue weighted by molar-refractivity contribution is 5.24. The van der Waals surface area contributed by atoms with Gasteiger partial charge < -0.3 is 35.7 Å². The quantitative estimate of drug-likeness (QED) is 0.302. The van der Waals surface area contributed by atoms with Crippen LogP contribution in [0.3, 0.4) is 0 Å². The predicted molar refractivity (Wildman–Crippen MR) is 128 cm³/mol. The summed E-state index contributed by atoms with van der Waals surface area (Å²) in [5.74, 6) is -1.28. The standard InChI is InChI=1S/C27H48O7/c1-14(13-28)6-5-7-15(2)19-21(31)22(32)23-26(19,4)11-9-18-25(3)10-8-16(29)12-17(25)20(30)24(33)27(18,23)34/h14-24,28-34H,5-13H2,1-4H3/t14?,15-,16+,17?,18-,19+,20-,21-,22-,23-,24-,25+,26-,27+/m1/s1. The number of rotatable bonds is 6. The first-order chi connectivity index (χ1) is 15.8. The molecule has 34 heavy (non-hydrogen) atoms. The Kier molecular flexibility index (Phi) is 7.27. The molecule has 0 saturated heterocycles. The summed E-state index contributed by atoms with van der Waals surface area (Å²) in [5, 5.41) is 77.2. The summed E-state index contributed by atoms with van der Waals surface area (Å²) in [7, 11) is 0. The van der Waals surface area contributed by atoms with Crippen LogP contribution in [0.1, 0.15) is 79.1 Å². The third kappa shape index (κ3) is 3.72. The third-order valence-electron chi connectivity index (χ3n) is 11.2. The first-order valence-corrected chi connectivity index (χ1v) is 13.6. The highest BCUT2D eigenvalue weighted by atomic mass is 16.4. The average molecular weight is 485 g/mol. The van der Waals surface area contributed by atoms with Crippen molar-refractivity contribution in [2.75, 3.05) is 6.61 Å². The second-order valence-corrected chi connectivity index (χ2v) is 13.1. The van der Waals surface area contributed by atoms with Crippen LogP contribution in [0.2, 0.25) is 0 Å². The Morgan fingerprint density at radius 3 is 2.15 bits per heavy atom. The topological polar surface area (TPSA) is 142 Å². The minimum atomic E-state index is -1.71. The van der Waals surface area contributed by atoms with Crippen molar-refractivity contribution in [2.24, 2.45) is 46.3 Å². The highest BCUT2D eigenvalue weighted by Gasteiger charge is 2.75. The molecule has 0 bridgehead atoms. The molecule has 0 spiro atoms. The van der Waals surface area contributed by atoms with Gasteiger partial charge in [-0.2, -0.15) is 0 Å². The van der Waals surface area contributed by atoms with E-state index in [0.717, 1.165) is 25.7 Å². The summed E-state index contributed by atoms with van der Waals surface area (Å²) >= 11 is 0. The molecule has 7 nitrogen and oxygen atoms in total. The molecule has 0 amide bonds. The Morgan fingerprint density at radius 2 is 1.50 bits per heavy atom. The van der Waals surface area contributed by atoms with Gasteiger partial charge in [-0.3, -0.25) is 0 Å². The van der Waals surface area contributed by atoms with Gasteiger partial charge in [-0.1, -0.05) is 40.5 Å². The Morgan fingerprint density at radius 1 is 0.853 bits per heavy atom. The summed E-state index contributed by atoms with van der Waals surface area (Å²) < 4.78 is 0. The summed E-state index contributed by atoms with van der Waals surface area (Å²) in [6.45, 7) is 8.38. The summed E-state index contributed by atoms with van der Waals surface area (Å²) in [6.07, 6.45) is 0.370. The van der Waals surface area contributed by atoms with Gasteiger partial charge in [0.15, 0.2) is 0 Å². The van der Waals surface area contributed by atoms with E-state index < -0.39 is 52.9 Å². The molecule has 0 aromatic carbocycles. The van der Waals surface area contributed by atoms with Crippen LogP contribution < -0.4 is 0 Å². The molecular weight excluding hydrogens is 436 g/mol. The molecule has 0 heterocycles. The van der Waals surface area contributed by atoms with Crippen LogP contribution in [0.4, 0.5) is 0 Å². The molecular formula is C27H48O7. The van der Waals surface area contributed by atoms with Crippen molar-refractivity contribution in [3.05, 3.63) is 0 Å². The van der Waals surface area contributed by atoms with Crippen LogP contribution in [0.5, 0.6) is 0 Å². The number of aliphatic hydroxyl groups excluding tert-OH is 6. The summed E-state index contributed by atoms with van der Waals surface area (Å²) in [4.78, 5) is 0. The fourth-order valence-corrected chi connectivity index (χ4v) is 9.52. The lowest BCUT2D eigenvalue weighted by atomic mass is 9.41. The normalized spacial score (nSPS) is 54.6. The lowest BCUT2D eigenvalue weighted by molar-refractivity contribution is -0.309. The zero-order chi connectivity index (χ0) is 25.2. The van der Waals surface area contributed by atoms with Crippen molar-refractivity contribution < 1.29 is 35.7 Å². The van der Waals surface area contributed by atoms with Crippen LogP contribution in [0.25, 0.3) is 0 Å². The molecule has 0 radical (unpaired) electrons. The van der Waals surface area contributed by atoms with Gasteiger partial charge in [0.1, 0.15) is 11.7 Å². The minimum absolute atomic E-state index is 0.101. The average Bonchev–Trinajstić information content (AvgIpc) is 2.99. The lowest BCUT2D eigenvalue weighted by Crippen LogP contribution is -2.75. The lowest BCUT2D eigenvalue weighted by Gasteiger charge is -2.67. The number of aliphatic hydroxyl groups is 7. The van der Waals surface area contributed by atoms with E-state index in [1.807, 2.05) is 13.8 Å². The zero-order valence-electron chi connectivity index (χ0n) is 21.3. The Bertz CT molecular complexity index is 734. The number of hydrogen-bond donors (Lipinski definition) is 7. The molecule has 4 aliphatic rings. The van der Waals surface area contributed by atoms with E-state index in [9.17, 15) is 35.7 Å². The Hall–Kier alpha value is -0.280. The van der Waals surface area contributed by atoms with Crippen LogP contribution in [0.15, 0.2) is 0 Å². The predicted octanol–water partition coefficient (Wildman–Crippen LogP) is 1.44. The van der Waals surface area contributed by atoms with Gasteiger partial charge in [0, 0.05) is 12.5 Å². The Balaban J connectivity index is 1.66. The van der Waals surface area contributed by atoms with E-state index in [1.54, 1.807) is 0 Å². The first kappa shape index (κ1) is 26.8. The smallest absolute Gasteiger partial charge is 0.109 e. The molecule has 2 unspecified atom stereocenters. The summed E-state index contributed by atoms with van der Waals surface area (Å²) in [5.41, 5.74) is -2.74. The van der Waals surface area contributed by atoms with Crippen molar-refractivity contribution >= 4 is 0 Å². The highest BCUT2D eigenvalue weighted by Crippen LogP contribution is 2.69. The number of hydrogen-bond acceptors (Lipinski definition) is 7. The molecule has 0 aliphatic heterocycles. The fourth-order valence-electron chi connectivity index (χ4n) is 9.52. The SMILES string of the molecule is CC(CO)CCC[C@@H](C)[C@H]1[C@@H](O)[C@@H](O)[C@@H]2[C@]1(C)CC[C@H]1[C@@]2(O)[C@H](O)[C@H](O)C2C[C@@H](O)CC[C@@]21C. The molecule has 0 aromatic rings. The molecule has 4 fully saturated rings. The van der Waals surface area contributed by atoms with E-state index in [0.29, 0.717) is 25.7 Å². The molecule has 198 valence electrons. The van der Waals surface area contributed by atoms with Crippen LogP contribution >= 0.6 is 0 Å². The van der Waals surface area contributed by atoms with E-state index >= 15 is 0 Å². The maximum Gasteiger partial charge on any atom is 0.109 e. The minimum Gasteiger partial charge on any atom is -0.396 e. The van der Waals surface area contributed by atoms with Gasteiger partial charge >= 0.3 is 0 Å². The monoisotopic (exact) mass is 484 g/mol. The number of fused-ring (bicyclic) bond motifs is 5. The zero-order valence-corrected chi connectivity index (χ0v) is 21.3. The van der Waals surface area contributed by atoms with Crippen LogP contribution in [-0.4, -0.2) is 78.5 Å². The van der Waals surface area contributed by atoms with Gasteiger partial charge in [-0.25, -0.2) is 0 Å². The molecule has 7 heteroatoms. The fraction of sp³-hybridized carbons (Fsp3) is 1.00. The second-order valence-electron chi connectivity index (χ2n) is 13.1. The maximum absolute atomic E-state index is 12.3. The van der Waals surface area contributed by atoms with Crippen molar-refractivity contribution in [3.8, 4) is 0 Å². The second kappa shape index (κ2) is 9.23. The van der Waals surface area contributed by atoms with Gasteiger partial charge in [-0.05, 0) is 78.9 Å².